The van der Waals surface area contributed by atoms with Gasteiger partial charge in [0.05, 0.1) is 26.1 Å². The van der Waals surface area contributed by atoms with Crippen molar-refractivity contribution in [1.82, 2.24) is 19.5 Å². The van der Waals surface area contributed by atoms with Gasteiger partial charge in [0.25, 0.3) is 0 Å². The van der Waals surface area contributed by atoms with Crippen molar-refractivity contribution in [3.05, 3.63) is 182 Å². The molecule has 230 valence electrons. The van der Waals surface area contributed by atoms with E-state index in [2.05, 4.69) is 0 Å². The molecule has 0 saturated carbocycles. The van der Waals surface area contributed by atoms with Crippen LogP contribution < -0.4 is 0 Å². The number of benzene rings is 7. The quantitative estimate of drug-likeness (QED) is 0.182. The SMILES string of the molecule is [2H]c1c([2H])c([2H])c(-n2c3c([2H])c(-c4ccccc4)c([2H])c([2H])c3c3c([2H])c([2H])c(-c4nc(-c5ccccc5)nc(-c5ccc(-c6ccccc6)cc5)n4)c([2H])c32)c([2H])c1[2H]. The van der Waals surface area contributed by atoms with E-state index in [1.165, 1.54) is 0 Å². The zero-order valence-corrected chi connectivity index (χ0v) is 25.8. The van der Waals surface area contributed by atoms with Gasteiger partial charge in [-0.1, -0.05) is 158 Å². The third-order valence-electron chi connectivity index (χ3n) is 8.20. The van der Waals surface area contributed by atoms with Gasteiger partial charge in [-0.05, 0) is 46.4 Å². The van der Waals surface area contributed by atoms with E-state index in [1.54, 1.807) is 42.5 Å². The Morgan fingerprint density at radius 1 is 0.367 bits per heavy atom. The molecule has 0 atom stereocenters. The van der Waals surface area contributed by atoms with E-state index in [1.807, 2.05) is 72.8 Å². The average molecular weight is 638 g/mol. The Kier molecular flexibility index (Phi) is 4.78. The van der Waals surface area contributed by atoms with Crippen molar-refractivity contribution in [2.24, 2.45) is 0 Å². The van der Waals surface area contributed by atoms with E-state index in [9.17, 15) is 6.85 Å². The highest BCUT2D eigenvalue weighted by Crippen LogP contribution is 2.37. The van der Waals surface area contributed by atoms with Crippen molar-refractivity contribution < 1.29 is 15.1 Å². The van der Waals surface area contributed by atoms with Crippen LogP contribution in [-0.2, 0) is 0 Å². The predicted molar refractivity (Wildman–Crippen MR) is 201 cm³/mol. The number of nitrogens with zero attached hydrogens (tertiary/aromatic N) is 4. The summed E-state index contributed by atoms with van der Waals surface area (Å²) < 4.78 is 101. The molecule has 4 heteroatoms. The maximum atomic E-state index is 9.87. The Bertz CT molecular complexity index is 3170. The second-order valence-electron chi connectivity index (χ2n) is 11.2. The molecule has 0 spiro atoms. The number of hydrogen-bond donors (Lipinski definition) is 0. The zero-order chi connectivity index (χ0) is 42.1. The number of para-hydroxylation sites is 1. The molecule has 9 rings (SSSR count). The molecule has 0 saturated heterocycles. The summed E-state index contributed by atoms with van der Waals surface area (Å²) in [5.41, 5.74) is 2.58. The molecule has 9 aromatic rings. The van der Waals surface area contributed by atoms with Crippen LogP contribution in [0.25, 0.3) is 83.9 Å². The summed E-state index contributed by atoms with van der Waals surface area (Å²) in [6, 6.07) is 29.0. The lowest BCUT2D eigenvalue weighted by Gasteiger charge is -2.11. The Morgan fingerprint density at radius 3 is 1.35 bits per heavy atom. The number of fused-ring (bicyclic) bond motifs is 3. The fraction of sp³-hybridized carbons (Fsp3) is 0. The first-order chi connectivity index (χ1) is 28.9. The van der Waals surface area contributed by atoms with E-state index in [0.29, 0.717) is 16.7 Å². The van der Waals surface area contributed by atoms with Crippen LogP contribution in [-0.4, -0.2) is 19.5 Å². The standard InChI is InChI=1S/C45H30N4/c1-5-13-31(14-6-1)33-21-23-35(24-22-33)44-46-43(34-17-9-3-10-18-34)47-45(48-44)37-26-28-40-39-27-25-36(32-15-7-2-8-16-32)29-41(39)49(42(40)30-37)38-19-11-4-12-20-38/h1-30H/i4D,11D,12D,19D,20D,25D,26D,27D,28D,29D,30D. The van der Waals surface area contributed by atoms with Gasteiger partial charge in [0.15, 0.2) is 17.5 Å². The topological polar surface area (TPSA) is 43.6 Å². The normalized spacial score (nSPS) is 14.4. The summed E-state index contributed by atoms with van der Waals surface area (Å²) in [5, 5.41) is -0.318. The molecule has 0 aliphatic carbocycles. The van der Waals surface area contributed by atoms with Crippen molar-refractivity contribution >= 4 is 21.8 Å². The molecule has 0 aliphatic rings. The zero-order valence-electron chi connectivity index (χ0n) is 36.8. The Labute approximate surface area is 300 Å². The summed E-state index contributed by atoms with van der Waals surface area (Å²) in [6.45, 7) is 0. The van der Waals surface area contributed by atoms with E-state index >= 15 is 0 Å². The maximum absolute atomic E-state index is 9.87. The van der Waals surface area contributed by atoms with Crippen molar-refractivity contribution in [3.8, 4) is 62.1 Å². The monoisotopic (exact) mass is 637 g/mol. The minimum Gasteiger partial charge on any atom is -0.309 e. The Hall–Kier alpha value is -6.65. The summed E-state index contributed by atoms with van der Waals surface area (Å²) in [7, 11) is 0. The third-order valence-corrected chi connectivity index (χ3v) is 8.20. The molecule has 2 aromatic heterocycles. The summed E-state index contributed by atoms with van der Waals surface area (Å²) in [5.74, 6) is 0.286. The van der Waals surface area contributed by atoms with E-state index < -0.39 is 60.1 Å². The van der Waals surface area contributed by atoms with Crippen molar-refractivity contribution in [1.29, 1.82) is 0 Å². The lowest BCUT2D eigenvalue weighted by molar-refractivity contribution is 1.07. The summed E-state index contributed by atoms with van der Waals surface area (Å²) in [6.07, 6.45) is 0. The average Bonchev–Trinajstić information content (AvgIpc) is 3.64. The molecule has 49 heavy (non-hydrogen) atoms. The van der Waals surface area contributed by atoms with Gasteiger partial charge in [-0.3, -0.25) is 0 Å². The van der Waals surface area contributed by atoms with Crippen LogP contribution in [0.2, 0.25) is 0 Å². The molecule has 0 fully saturated rings. The van der Waals surface area contributed by atoms with Crippen LogP contribution in [0.4, 0.5) is 0 Å². The van der Waals surface area contributed by atoms with Gasteiger partial charge in [0, 0.05) is 33.2 Å². The minimum atomic E-state index is -0.679. The molecule has 2 heterocycles. The van der Waals surface area contributed by atoms with Crippen LogP contribution in [0, 0.1) is 0 Å². The first-order valence-electron chi connectivity index (χ1n) is 21.1. The Balaban J connectivity index is 1.41. The van der Waals surface area contributed by atoms with Gasteiger partial charge in [0.1, 0.15) is 0 Å². The highest BCUT2D eigenvalue weighted by Gasteiger charge is 2.17. The van der Waals surface area contributed by atoms with E-state index in [-0.39, 0.29) is 62.5 Å². The fourth-order valence-electron chi connectivity index (χ4n) is 5.82. The van der Waals surface area contributed by atoms with Crippen LogP contribution in [0.15, 0.2) is 182 Å². The predicted octanol–water partition coefficient (Wildman–Crippen LogP) is 11.3. The number of hydrogen-bond acceptors (Lipinski definition) is 3. The molecule has 7 aromatic carbocycles. The van der Waals surface area contributed by atoms with Crippen molar-refractivity contribution in [2.75, 3.05) is 0 Å². The number of aromatic nitrogens is 4. The molecule has 0 unspecified atom stereocenters. The summed E-state index contributed by atoms with van der Waals surface area (Å²) >= 11 is 0. The van der Waals surface area contributed by atoms with Crippen LogP contribution in [0.3, 0.4) is 0 Å². The summed E-state index contributed by atoms with van der Waals surface area (Å²) in [4.78, 5) is 14.3. The molecule has 0 aliphatic heterocycles. The van der Waals surface area contributed by atoms with Gasteiger partial charge < -0.3 is 4.57 Å². The molecule has 0 bridgehead atoms. The minimum absolute atomic E-state index is 0.0294. The highest BCUT2D eigenvalue weighted by molar-refractivity contribution is 6.11. The smallest absolute Gasteiger partial charge is 0.164 e. The van der Waals surface area contributed by atoms with Crippen LogP contribution >= 0.6 is 0 Å². The number of rotatable bonds is 6. The first-order valence-corrected chi connectivity index (χ1v) is 15.6. The lowest BCUT2D eigenvalue weighted by atomic mass is 10.0. The van der Waals surface area contributed by atoms with E-state index in [0.717, 1.165) is 15.7 Å². The molecular formula is C45H30N4. The van der Waals surface area contributed by atoms with E-state index in [4.69, 9.17) is 23.2 Å². The molecule has 0 N–H and O–H groups in total. The van der Waals surface area contributed by atoms with Gasteiger partial charge >= 0.3 is 0 Å². The van der Waals surface area contributed by atoms with Gasteiger partial charge in [-0.15, -0.1) is 0 Å². The third kappa shape index (κ3) is 5.35. The van der Waals surface area contributed by atoms with Gasteiger partial charge in [-0.25, -0.2) is 15.0 Å². The highest BCUT2D eigenvalue weighted by atomic mass is 15.0. The molecular weight excluding hydrogens is 597 g/mol. The van der Waals surface area contributed by atoms with Crippen molar-refractivity contribution in [2.45, 2.75) is 0 Å². The molecule has 0 radical (unpaired) electrons. The van der Waals surface area contributed by atoms with Crippen molar-refractivity contribution in [3.63, 3.8) is 0 Å². The van der Waals surface area contributed by atoms with Gasteiger partial charge in [0.2, 0.25) is 0 Å². The lowest BCUT2D eigenvalue weighted by Crippen LogP contribution is -2.00. The maximum Gasteiger partial charge on any atom is 0.164 e. The first kappa shape index (κ1) is 19.2. The molecule has 4 nitrogen and oxygen atoms in total. The van der Waals surface area contributed by atoms with Crippen LogP contribution in [0.1, 0.15) is 15.1 Å². The second-order valence-corrected chi connectivity index (χ2v) is 11.2. The van der Waals surface area contributed by atoms with Gasteiger partial charge in [-0.2, -0.15) is 0 Å². The van der Waals surface area contributed by atoms with Crippen LogP contribution in [0.5, 0.6) is 0 Å². The molecule has 0 amide bonds. The second kappa shape index (κ2) is 12.2. The Morgan fingerprint density at radius 2 is 0.776 bits per heavy atom. The largest absolute Gasteiger partial charge is 0.309 e. The fourth-order valence-corrected chi connectivity index (χ4v) is 5.82.